The van der Waals surface area contributed by atoms with Crippen LogP contribution in [0.15, 0.2) is 84.9 Å². The number of aldehydes is 1. The highest BCUT2D eigenvalue weighted by Gasteiger charge is 2.30. The molecule has 3 amide bonds. The summed E-state index contributed by atoms with van der Waals surface area (Å²) in [5.74, 6) is -0.473. The minimum atomic E-state index is -1.17. The van der Waals surface area contributed by atoms with Crippen LogP contribution in [0.25, 0.3) is 22.3 Å². The number of likely N-dealkylation sites (N-methyl/N-ethyl adjacent to an activating group) is 2. The van der Waals surface area contributed by atoms with E-state index in [1.807, 2.05) is 37.4 Å². The topological polar surface area (TPSA) is 178 Å². The molecule has 0 saturated carbocycles. The summed E-state index contributed by atoms with van der Waals surface area (Å²) in [5, 5.41) is 8.55. The summed E-state index contributed by atoms with van der Waals surface area (Å²) < 4.78 is 12.1. The zero-order valence-corrected chi connectivity index (χ0v) is 32.9. The van der Waals surface area contributed by atoms with E-state index < -0.39 is 23.8 Å². The van der Waals surface area contributed by atoms with Gasteiger partial charge in [0.15, 0.2) is 0 Å². The Labute approximate surface area is 330 Å². The molecule has 4 aromatic rings. The lowest BCUT2D eigenvalue weighted by atomic mass is 9.94. The third kappa shape index (κ3) is 12.0. The van der Waals surface area contributed by atoms with Crippen molar-refractivity contribution in [3.8, 4) is 33.8 Å². The van der Waals surface area contributed by atoms with Crippen LogP contribution < -0.4 is 36.9 Å². The maximum Gasteiger partial charge on any atom is 0.251 e. The molecule has 2 atom stereocenters. The molecule has 4 aromatic carbocycles. The largest absolute Gasteiger partial charge is 0.492 e. The minimum absolute atomic E-state index is 0.196. The van der Waals surface area contributed by atoms with Gasteiger partial charge in [0, 0.05) is 42.9 Å². The molecular weight excluding hydrogens is 709 g/mol. The van der Waals surface area contributed by atoms with Gasteiger partial charge in [-0.3, -0.25) is 14.4 Å². The molecule has 0 aliphatic rings. The molecule has 0 radical (unpaired) electrons. The summed E-state index contributed by atoms with van der Waals surface area (Å²) >= 11 is 0. The first kappa shape index (κ1) is 43.2. The van der Waals surface area contributed by atoms with Crippen molar-refractivity contribution in [3.63, 3.8) is 0 Å². The second-order valence-corrected chi connectivity index (χ2v) is 13.6. The van der Waals surface area contributed by atoms with Gasteiger partial charge < -0.3 is 46.6 Å². The third-order valence-corrected chi connectivity index (χ3v) is 9.48. The number of nitrogens with zero attached hydrogens (tertiary/aromatic N) is 1. The predicted molar refractivity (Wildman–Crippen MR) is 221 cm³/mol. The molecule has 0 fully saturated rings. The molecule has 298 valence electrons. The molecular formula is C44H56N6O6. The number of ether oxygens (including phenoxy) is 2. The molecule has 0 spiro atoms. The third-order valence-electron chi connectivity index (χ3n) is 9.48. The summed E-state index contributed by atoms with van der Waals surface area (Å²) in [7, 11) is 3.38. The monoisotopic (exact) mass is 764 g/mol. The highest BCUT2D eigenvalue weighted by Crippen LogP contribution is 2.40. The van der Waals surface area contributed by atoms with Gasteiger partial charge in [0.25, 0.3) is 5.91 Å². The summed E-state index contributed by atoms with van der Waals surface area (Å²) in [6.45, 7) is 4.71. The van der Waals surface area contributed by atoms with E-state index in [4.69, 9.17) is 20.9 Å². The number of carbonyl (C=O) groups is 4. The molecule has 0 bridgehead atoms. The number of benzene rings is 4. The molecule has 56 heavy (non-hydrogen) atoms. The first-order chi connectivity index (χ1) is 27.1. The van der Waals surface area contributed by atoms with Crippen molar-refractivity contribution >= 4 is 24.0 Å². The van der Waals surface area contributed by atoms with Gasteiger partial charge in [-0.15, -0.1) is 0 Å². The summed E-state index contributed by atoms with van der Waals surface area (Å²) in [6, 6.07) is 25.7. The Balaban J connectivity index is 1.60. The lowest BCUT2D eigenvalue weighted by molar-refractivity contribution is -0.138. The fourth-order valence-corrected chi connectivity index (χ4v) is 6.26. The molecule has 0 aliphatic carbocycles. The Morgan fingerprint density at radius 2 is 1.39 bits per heavy atom. The van der Waals surface area contributed by atoms with E-state index in [9.17, 15) is 19.2 Å². The average molecular weight is 765 g/mol. The number of nitrogens with two attached hydrogens (primary N) is 2. The first-order valence-corrected chi connectivity index (χ1v) is 19.2. The van der Waals surface area contributed by atoms with E-state index >= 15 is 0 Å². The quantitative estimate of drug-likeness (QED) is 0.0725. The van der Waals surface area contributed by atoms with Gasteiger partial charge in [-0.05, 0) is 97.4 Å². The maximum atomic E-state index is 13.7. The molecule has 2 unspecified atom stereocenters. The van der Waals surface area contributed by atoms with E-state index in [0.29, 0.717) is 46.6 Å². The van der Waals surface area contributed by atoms with Crippen LogP contribution >= 0.6 is 0 Å². The van der Waals surface area contributed by atoms with Crippen LogP contribution in [0.4, 0.5) is 0 Å². The number of hydrogen-bond donors (Lipinski definition) is 5. The Hall–Kier alpha value is -5.56. The number of aryl methyl sites for hydroxylation is 1. The second kappa shape index (κ2) is 22.1. The molecule has 12 nitrogen and oxygen atoms in total. The Morgan fingerprint density at radius 1 is 0.804 bits per heavy atom. The van der Waals surface area contributed by atoms with E-state index in [0.717, 1.165) is 42.4 Å². The van der Waals surface area contributed by atoms with E-state index in [2.05, 4.69) is 54.1 Å². The van der Waals surface area contributed by atoms with E-state index in [1.165, 1.54) is 17.5 Å². The van der Waals surface area contributed by atoms with Gasteiger partial charge in [-0.1, -0.05) is 61.9 Å². The van der Waals surface area contributed by atoms with Crippen molar-refractivity contribution in [1.82, 2.24) is 20.9 Å². The zero-order valence-electron chi connectivity index (χ0n) is 32.9. The molecule has 7 N–H and O–H groups in total. The molecule has 0 heterocycles. The first-order valence-electron chi connectivity index (χ1n) is 19.2. The van der Waals surface area contributed by atoms with Crippen molar-refractivity contribution in [2.24, 2.45) is 11.5 Å². The highest BCUT2D eigenvalue weighted by molar-refractivity contribution is 5.97. The number of amides is 3. The maximum absolute atomic E-state index is 13.7. The Bertz CT molecular complexity index is 1900. The number of nitrogens with one attached hydrogen (secondary N) is 3. The van der Waals surface area contributed by atoms with Crippen LogP contribution in [-0.4, -0.2) is 88.4 Å². The van der Waals surface area contributed by atoms with Crippen LogP contribution in [0, 0.1) is 0 Å². The van der Waals surface area contributed by atoms with Crippen molar-refractivity contribution in [3.05, 3.63) is 107 Å². The van der Waals surface area contributed by atoms with E-state index in [1.54, 1.807) is 30.3 Å². The number of carbonyl (C=O) groups excluding carboxylic acids is 4. The van der Waals surface area contributed by atoms with E-state index in [-0.39, 0.29) is 38.9 Å². The van der Waals surface area contributed by atoms with Gasteiger partial charge >= 0.3 is 0 Å². The van der Waals surface area contributed by atoms with Gasteiger partial charge in [0.1, 0.15) is 37.0 Å². The zero-order chi connectivity index (χ0) is 40.5. The fourth-order valence-electron chi connectivity index (χ4n) is 6.26. The molecule has 0 saturated heterocycles. The van der Waals surface area contributed by atoms with Crippen molar-refractivity contribution in [1.29, 1.82) is 0 Å². The van der Waals surface area contributed by atoms with Crippen LogP contribution in [0.3, 0.4) is 0 Å². The summed E-state index contributed by atoms with van der Waals surface area (Å²) in [6.07, 6.45) is 4.63. The van der Waals surface area contributed by atoms with Gasteiger partial charge in [-0.25, -0.2) is 0 Å². The number of rotatable bonds is 22. The predicted octanol–water partition coefficient (Wildman–Crippen LogP) is 4.43. The van der Waals surface area contributed by atoms with Gasteiger partial charge in [0.05, 0.1) is 13.1 Å². The Kier molecular flexibility index (Phi) is 17.0. The molecule has 0 aromatic heterocycles. The lowest BCUT2D eigenvalue weighted by Crippen LogP contribution is -2.45. The second-order valence-electron chi connectivity index (χ2n) is 13.6. The fraction of sp³-hybridized carbons (Fsp3) is 0.364. The smallest absolute Gasteiger partial charge is 0.251 e. The summed E-state index contributed by atoms with van der Waals surface area (Å²) in [5.41, 5.74) is 18.1. The van der Waals surface area contributed by atoms with Crippen LogP contribution in [0.5, 0.6) is 11.5 Å². The van der Waals surface area contributed by atoms with Crippen LogP contribution in [0.2, 0.25) is 0 Å². The molecule has 12 heteroatoms. The lowest BCUT2D eigenvalue weighted by Gasteiger charge is -2.28. The highest BCUT2D eigenvalue weighted by atomic mass is 16.5. The average Bonchev–Trinajstić information content (AvgIpc) is 3.23. The minimum Gasteiger partial charge on any atom is -0.492 e. The molecule has 0 aliphatic heterocycles. The van der Waals surface area contributed by atoms with Crippen molar-refractivity contribution < 1.29 is 28.7 Å². The number of hydrogen-bond acceptors (Lipinski definition) is 9. The SMILES string of the molecule is CCCCc1ccc(-c2ccc(C(=O)NCC(=O)N(C)C(C(=O)NCC=O)c3ccc(OCCN)c(-c4cc(CC(C)NC)ccc4OCCN)c3)cc2)cc1. The number of unbranched alkanes of at least 4 members (excludes halogenated alkanes) is 1. The van der Waals surface area contributed by atoms with Gasteiger partial charge in [0.2, 0.25) is 11.8 Å². The normalized spacial score (nSPS) is 12.0. The van der Waals surface area contributed by atoms with Crippen LogP contribution in [0.1, 0.15) is 59.8 Å². The Morgan fingerprint density at radius 3 is 1.98 bits per heavy atom. The summed E-state index contributed by atoms with van der Waals surface area (Å²) in [4.78, 5) is 53.1. The van der Waals surface area contributed by atoms with Crippen LogP contribution in [-0.2, 0) is 27.2 Å². The van der Waals surface area contributed by atoms with Crippen molar-refractivity contribution in [2.45, 2.75) is 51.6 Å². The standard InChI is InChI=1S/C44H56N6O6/c1-5-6-7-31-8-11-33(12-9-31)34-13-15-35(16-14-34)43(53)49-29-41(52)50(4)42(44(54)48-22-23-51)36-17-19-40(56-25-21-46)38(28-36)37-27-32(26-30(2)47-3)10-18-39(37)55-24-20-45/h8-19,23,27-28,30,42,47H,5-7,20-22,24-26,29,45-46H2,1-4H3,(H,48,54)(H,49,53). The van der Waals surface area contributed by atoms with Crippen molar-refractivity contribution in [2.75, 3.05) is 53.5 Å². The molecule has 4 rings (SSSR count). The van der Waals surface area contributed by atoms with Gasteiger partial charge in [-0.2, -0.15) is 0 Å².